The van der Waals surface area contributed by atoms with E-state index >= 15 is 0 Å². The molecule has 2 aromatic carbocycles. The lowest BCUT2D eigenvalue weighted by Gasteiger charge is -2.08. The Kier molecular flexibility index (Phi) is 5.98. The molecular weight excluding hydrogens is 356 g/mol. The number of aromatic nitrogens is 3. The maximum absolute atomic E-state index is 10.7. The number of benzene rings is 2. The molecule has 2 heterocycles. The number of nitrogens with zero attached hydrogens (tertiary/aromatic N) is 3. The van der Waals surface area contributed by atoms with E-state index in [9.17, 15) is 9.90 Å². The fraction of sp³-hybridized carbons (Fsp3) is 0.0952. The minimum atomic E-state index is 0.229. The van der Waals surface area contributed by atoms with Crippen LogP contribution in [0.4, 0.5) is 5.82 Å². The summed E-state index contributed by atoms with van der Waals surface area (Å²) in [6, 6.07) is 14.4. The molecule has 0 radical (unpaired) electrons. The predicted molar refractivity (Wildman–Crippen MR) is 107 cm³/mol. The van der Waals surface area contributed by atoms with Crippen molar-refractivity contribution >= 4 is 17.8 Å². The van der Waals surface area contributed by atoms with Crippen LogP contribution in [0.3, 0.4) is 0 Å². The van der Waals surface area contributed by atoms with Gasteiger partial charge in [0, 0.05) is 37.2 Å². The molecule has 0 saturated heterocycles. The van der Waals surface area contributed by atoms with E-state index in [4.69, 9.17) is 5.11 Å². The van der Waals surface area contributed by atoms with Crippen molar-refractivity contribution in [2.75, 3.05) is 12.4 Å². The number of nitrogens with one attached hydrogen (secondary N) is 1. The molecule has 0 aliphatic heterocycles. The Labute approximate surface area is 162 Å². The molecule has 0 unspecified atom stereocenters. The first kappa shape index (κ1) is 19.1. The molecule has 0 spiro atoms. The van der Waals surface area contributed by atoms with Crippen molar-refractivity contribution in [3.05, 3.63) is 78.2 Å². The van der Waals surface area contributed by atoms with Crippen molar-refractivity contribution < 1.29 is 15.0 Å². The van der Waals surface area contributed by atoms with E-state index in [-0.39, 0.29) is 5.75 Å². The molecule has 0 atom stereocenters. The van der Waals surface area contributed by atoms with Gasteiger partial charge < -0.3 is 15.5 Å². The Hall–Kier alpha value is -3.71. The lowest BCUT2D eigenvalue weighted by molar-refractivity contribution is 0.112. The molecule has 0 aliphatic carbocycles. The summed E-state index contributed by atoms with van der Waals surface area (Å²) in [6.07, 6.45) is 6.19. The third-order valence-electron chi connectivity index (χ3n) is 4.17. The number of hydrogen-bond acceptors (Lipinski definition) is 6. The van der Waals surface area contributed by atoms with Gasteiger partial charge in [0.2, 0.25) is 0 Å². The molecular formula is C21H20N4O3. The minimum Gasteiger partial charge on any atom is -0.508 e. The molecule has 3 N–H and O–H groups in total. The van der Waals surface area contributed by atoms with E-state index in [1.54, 1.807) is 36.7 Å². The van der Waals surface area contributed by atoms with Gasteiger partial charge in [-0.15, -0.1) is 0 Å². The van der Waals surface area contributed by atoms with Crippen molar-refractivity contribution in [3.8, 4) is 17.0 Å². The zero-order valence-corrected chi connectivity index (χ0v) is 15.3. The lowest BCUT2D eigenvalue weighted by Crippen LogP contribution is -2.04. The average molecular weight is 376 g/mol. The fourth-order valence-electron chi connectivity index (χ4n) is 2.79. The van der Waals surface area contributed by atoms with Gasteiger partial charge in [0.15, 0.2) is 11.5 Å². The number of aliphatic hydroxyl groups excluding tert-OH is 1. The van der Waals surface area contributed by atoms with Gasteiger partial charge in [-0.1, -0.05) is 24.3 Å². The number of aliphatic hydroxyl groups is 1. The summed E-state index contributed by atoms with van der Waals surface area (Å²) in [6.45, 7) is 0.577. The minimum absolute atomic E-state index is 0.229. The largest absolute Gasteiger partial charge is 0.508 e. The van der Waals surface area contributed by atoms with Gasteiger partial charge in [0.25, 0.3) is 0 Å². The van der Waals surface area contributed by atoms with Crippen molar-refractivity contribution in [2.24, 2.45) is 0 Å². The first-order valence-electron chi connectivity index (χ1n) is 8.59. The van der Waals surface area contributed by atoms with Crippen molar-refractivity contribution in [2.45, 2.75) is 6.54 Å². The maximum atomic E-state index is 10.7. The van der Waals surface area contributed by atoms with Gasteiger partial charge in [-0.2, -0.15) is 0 Å². The second-order valence-electron chi connectivity index (χ2n) is 5.87. The SMILES string of the molecule is CO.O=Cc1ccc(CNc2nccn3c(-c4ccc(O)cc4)cnc23)cc1. The van der Waals surface area contributed by atoms with E-state index in [0.717, 1.165) is 35.9 Å². The predicted octanol–water partition coefficient (Wildman–Crippen LogP) is 3.14. The van der Waals surface area contributed by atoms with Crippen molar-refractivity contribution in [1.29, 1.82) is 0 Å². The van der Waals surface area contributed by atoms with Crippen LogP contribution in [0.25, 0.3) is 16.9 Å². The quantitative estimate of drug-likeness (QED) is 0.463. The molecule has 0 saturated carbocycles. The highest BCUT2D eigenvalue weighted by molar-refractivity contribution is 5.74. The van der Waals surface area contributed by atoms with Crippen LogP contribution in [0.2, 0.25) is 0 Å². The standard InChI is InChI=1S/C20H16N4O2.CH4O/c25-13-15-3-1-14(2-4-15)11-22-19-20-23-12-18(24(20)10-9-21-19)16-5-7-17(26)8-6-16;1-2/h1-10,12-13,26H,11H2,(H,21,22);2H,1H3. The average Bonchev–Trinajstić information content (AvgIpc) is 3.19. The van der Waals surface area contributed by atoms with Crippen molar-refractivity contribution in [1.82, 2.24) is 14.4 Å². The van der Waals surface area contributed by atoms with Crippen LogP contribution in [0.5, 0.6) is 5.75 Å². The Morgan fingerprint density at radius 2 is 1.75 bits per heavy atom. The molecule has 4 aromatic rings. The Bertz CT molecular complexity index is 1060. The first-order chi connectivity index (χ1) is 13.7. The maximum Gasteiger partial charge on any atom is 0.180 e. The summed E-state index contributed by atoms with van der Waals surface area (Å²) in [4.78, 5) is 19.6. The number of carbonyl (C=O) groups excluding carboxylic acids is 1. The van der Waals surface area contributed by atoms with Crippen LogP contribution in [-0.2, 0) is 6.54 Å². The Morgan fingerprint density at radius 3 is 2.43 bits per heavy atom. The molecule has 142 valence electrons. The zero-order chi connectivity index (χ0) is 19.9. The number of fused-ring (bicyclic) bond motifs is 1. The van der Waals surface area contributed by atoms with Crippen LogP contribution < -0.4 is 5.32 Å². The molecule has 0 fully saturated rings. The normalized spacial score (nSPS) is 10.2. The second-order valence-corrected chi connectivity index (χ2v) is 5.87. The molecule has 0 bridgehead atoms. The van der Waals surface area contributed by atoms with Gasteiger partial charge in [0.1, 0.15) is 12.0 Å². The third kappa shape index (κ3) is 3.99. The first-order valence-corrected chi connectivity index (χ1v) is 8.59. The number of aldehydes is 1. The van der Waals surface area contributed by atoms with Crippen LogP contribution >= 0.6 is 0 Å². The van der Waals surface area contributed by atoms with E-state index in [0.29, 0.717) is 17.9 Å². The summed E-state index contributed by atoms with van der Waals surface area (Å²) in [5.74, 6) is 0.907. The number of phenolic OH excluding ortho intramolecular Hbond substituents is 1. The summed E-state index contributed by atoms with van der Waals surface area (Å²) in [5, 5.41) is 19.8. The molecule has 2 aromatic heterocycles. The van der Waals surface area contributed by atoms with E-state index in [2.05, 4.69) is 15.3 Å². The topological polar surface area (TPSA) is 99.8 Å². The van der Waals surface area contributed by atoms with Crippen molar-refractivity contribution in [3.63, 3.8) is 0 Å². The highest BCUT2D eigenvalue weighted by Crippen LogP contribution is 2.25. The third-order valence-corrected chi connectivity index (χ3v) is 4.17. The van der Waals surface area contributed by atoms with E-state index in [1.807, 2.05) is 34.9 Å². The zero-order valence-electron chi connectivity index (χ0n) is 15.3. The van der Waals surface area contributed by atoms with Gasteiger partial charge in [-0.05, 0) is 29.8 Å². The molecule has 28 heavy (non-hydrogen) atoms. The lowest BCUT2D eigenvalue weighted by atomic mass is 10.1. The van der Waals surface area contributed by atoms with E-state index < -0.39 is 0 Å². The number of rotatable bonds is 5. The van der Waals surface area contributed by atoms with Gasteiger partial charge in [-0.3, -0.25) is 9.20 Å². The summed E-state index contributed by atoms with van der Waals surface area (Å²) >= 11 is 0. The van der Waals surface area contributed by atoms with Crippen LogP contribution in [0, 0.1) is 0 Å². The number of carbonyl (C=O) groups is 1. The fourth-order valence-corrected chi connectivity index (χ4v) is 2.79. The Balaban J connectivity index is 0.00000109. The molecule has 0 amide bonds. The monoisotopic (exact) mass is 376 g/mol. The summed E-state index contributed by atoms with van der Waals surface area (Å²) in [7, 11) is 1.00. The van der Waals surface area contributed by atoms with Gasteiger partial charge in [-0.25, -0.2) is 9.97 Å². The van der Waals surface area contributed by atoms with Crippen LogP contribution in [0.1, 0.15) is 15.9 Å². The second kappa shape index (κ2) is 8.79. The Morgan fingerprint density at radius 1 is 1.04 bits per heavy atom. The number of aromatic hydroxyl groups is 1. The number of imidazole rings is 1. The molecule has 0 aliphatic rings. The van der Waals surface area contributed by atoms with E-state index in [1.165, 1.54) is 0 Å². The summed E-state index contributed by atoms with van der Waals surface area (Å²) in [5.41, 5.74) is 4.29. The number of anilines is 1. The molecule has 7 heteroatoms. The highest BCUT2D eigenvalue weighted by atomic mass is 16.3. The molecule has 4 rings (SSSR count). The van der Waals surface area contributed by atoms with Crippen LogP contribution in [-0.4, -0.2) is 38.0 Å². The number of hydrogen-bond donors (Lipinski definition) is 3. The van der Waals surface area contributed by atoms with Gasteiger partial charge >= 0.3 is 0 Å². The van der Waals surface area contributed by atoms with Gasteiger partial charge in [0.05, 0.1) is 11.9 Å². The summed E-state index contributed by atoms with van der Waals surface area (Å²) < 4.78 is 1.96. The molecule has 7 nitrogen and oxygen atoms in total. The number of phenols is 1. The smallest absolute Gasteiger partial charge is 0.180 e. The van der Waals surface area contributed by atoms with Crippen LogP contribution in [0.15, 0.2) is 67.1 Å². The highest BCUT2D eigenvalue weighted by Gasteiger charge is 2.10.